The number of benzene rings is 1. The molecule has 4 heteroatoms. The van der Waals surface area contributed by atoms with Crippen LogP contribution in [0.15, 0.2) is 35.9 Å². The Morgan fingerprint density at radius 2 is 1.86 bits per heavy atom. The van der Waals surface area contributed by atoms with Crippen molar-refractivity contribution < 1.29 is 14.3 Å². The molecule has 1 aliphatic carbocycles. The van der Waals surface area contributed by atoms with Crippen molar-refractivity contribution in [3.8, 4) is 11.5 Å². The lowest BCUT2D eigenvalue weighted by atomic mass is 9.97. The number of hydrogen-bond donors (Lipinski definition) is 1. The van der Waals surface area contributed by atoms with Gasteiger partial charge in [0.1, 0.15) is 11.5 Å². The van der Waals surface area contributed by atoms with Gasteiger partial charge in [0.25, 0.3) is 5.91 Å². The first kappa shape index (κ1) is 16.4. The molecule has 1 amide bonds. The van der Waals surface area contributed by atoms with Crippen LogP contribution in [0.3, 0.4) is 0 Å². The van der Waals surface area contributed by atoms with E-state index >= 15 is 0 Å². The van der Waals surface area contributed by atoms with Crippen molar-refractivity contribution in [3.63, 3.8) is 0 Å². The summed E-state index contributed by atoms with van der Waals surface area (Å²) in [5, 5.41) is 2.90. The van der Waals surface area contributed by atoms with Gasteiger partial charge in [0.05, 0.1) is 6.61 Å². The third-order valence-electron chi connectivity index (χ3n) is 3.66. The minimum atomic E-state index is -0.0784. The molecule has 22 heavy (non-hydrogen) atoms. The smallest absolute Gasteiger partial charge is 0.257 e. The molecule has 0 fully saturated rings. The second kappa shape index (κ2) is 9.13. The SMILES string of the molecule is CCOc1ccc(OCC(=O)NCCC2=CCCCC2)cc1. The number of carbonyl (C=O) groups is 1. The van der Waals surface area contributed by atoms with Crippen molar-refractivity contribution in [1.29, 1.82) is 0 Å². The van der Waals surface area contributed by atoms with E-state index in [2.05, 4.69) is 11.4 Å². The van der Waals surface area contributed by atoms with E-state index in [1.807, 2.05) is 31.2 Å². The Bertz CT molecular complexity index is 494. The van der Waals surface area contributed by atoms with Crippen LogP contribution in [-0.4, -0.2) is 25.7 Å². The van der Waals surface area contributed by atoms with Gasteiger partial charge in [-0.15, -0.1) is 0 Å². The van der Waals surface area contributed by atoms with Gasteiger partial charge in [0.15, 0.2) is 6.61 Å². The zero-order chi connectivity index (χ0) is 15.6. The van der Waals surface area contributed by atoms with Gasteiger partial charge in [-0.25, -0.2) is 0 Å². The van der Waals surface area contributed by atoms with Crippen LogP contribution in [0.25, 0.3) is 0 Å². The lowest BCUT2D eigenvalue weighted by Crippen LogP contribution is -2.29. The molecule has 1 aromatic rings. The fourth-order valence-electron chi connectivity index (χ4n) is 2.49. The second-order valence-electron chi connectivity index (χ2n) is 5.40. The summed E-state index contributed by atoms with van der Waals surface area (Å²) >= 11 is 0. The number of amides is 1. The predicted molar refractivity (Wildman–Crippen MR) is 87.3 cm³/mol. The molecular weight excluding hydrogens is 278 g/mol. The quantitative estimate of drug-likeness (QED) is 0.748. The highest BCUT2D eigenvalue weighted by Crippen LogP contribution is 2.19. The van der Waals surface area contributed by atoms with E-state index in [0.717, 1.165) is 12.2 Å². The van der Waals surface area contributed by atoms with Crippen LogP contribution in [0, 0.1) is 0 Å². The number of hydrogen-bond acceptors (Lipinski definition) is 3. The summed E-state index contributed by atoms with van der Waals surface area (Å²) in [4.78, 5) is 11.7. The fourth-order valence-corrected chi connectivity index (χ4v) is 2.49. The zero-order valence-electron chi connectivity index (χ0n) is 13.3. The maximum Gasteiger partial charge on any atom is 0.257 e. The van der Waals surface area contributed by atoms with Gasteiger partial charge in [-0.2, -0.15) is 0 Å². The first-order valence-corrected chi connectivity index (χ1v) is 8.08. The van der Waals surface area contributed by atoms with Crippen LogP contribution in [0.4, 0.5) is 0 Å². The topological polar surface area (TPSA) is 47.6 Å². The molecule has 0 aromatic heterocycles. The van der Waals surface area contributed by atoms with Crippen molar-refractivity contribution in [2.24, 2.45) is 0 Å². The maximum absolute atomic E-state index is 11.7. The maximum atomic E-state index is 11.7. The summed E-state index contributed by atoms with van der Waals surface area (Å²) in [6.45, 7) is 3.32. The summed E-state index contributed by atoms with van der Waals surface area (Å²) in [7, 11) is 0. The lowest BCUT2D eigenvalue weighted by Gasteiger charge is -2.13. The summed E-state index contributed by atoms with van der Waals surface area (Å²) in [5.41, 5.74) is 1.47. The molecule has 120 valence electrons. The number of rotatable bonds is 8. The first-order valence-electron chi connectivity index (χ1n) is 8.08. The standard InChI is InChI=1S/C18H25NO3/c1-2-21-16-8-10-17(11-9-16)22-14-18(20)19-13-12-15-6-4-3-5-7-15/h6,8-11H,2-5,7,12-14H2,1H3,(H,19,20). The van der Waals surface area contributed by atoms with Crippen LogP contribution >= 0.6 is 0 Å². The van der Waals surface area contributed by atoms with Gasteiger partial charge < -0.3 is 14.8 Å². The lowest BCUT2D eigenvalue weighted by molar-refractivity contribution is -0.123. The molecule has 2 rings (SSSR count). The molecule has 1 aliphatic rings. The Hall–Kier alpha value is -1.97. The zero-order valence-corrected chi connectivity index (χ0v) is 13.3. The van der Waals surface area contributed by atoms with Crippen molar-refractivity contribution in [2.75, 3.05) is 19.8 Å². The van der Waals surface area contributed by atoms with Crippen molar-refractivity contribution in [1.82, 2.24) is 5.32 Å². The first-order chi connectivity index (χ1) is 10.8. The molecule has 4 nitrogen and oxygen atoms in total. The van der Waals surface area contributed by atoms with E-state index in [0.29, 0.717) is 18.9 Å². The molecule has 0 unspecified atom stereocenters. The Morgan fingerprint density at radius 3 is 2.50 bits per heavy atom. The van der Waals surface area contributed by atoms with E-state index in [4.69, 9.17) is 9.47 Å². The molecule has 0 saturated carbocycles. The summed E-state index contributed by atoms with van der Waals surface area (Å²) in [6.07, 6.45) is 8.20. The molecule has 0 aliphatic heterocycles. The number of carbonyl (C=O) groups excluding carboxylic acids is 1. The molecule has 0 spiro atoms. The van der Waals surface area contributed by atoms with E-state index < -0.39 is 0 Å². The molecule has 0 bridgehead atoms. The second-order valence-corrected chi connectivity index (χ2v) is 5.40. The highest BCUT2D eigenvalue weighted by atomic mass is 16.5. The third kappa shape index (κ3) is 5.80. The Morgan fingerprint density at radius 1 is 1.14 bits per heavy atom. The molecule has 0 radical (unpaired) electrons. The number of allylic oxidation sites excluding steroid dienone is 1. The predicted octanol–water partition coefficient (Wildman–Crippen LogP) is 3.47. The Balaban J connectivity index is 1.63. The minimum Gasteiger partial charge on any atom is -0.494 e. The van der Waals surface area contributed by atoms with Crippen LogP contribution in [-0.2, 0) is 4.79 Å². The summed E-state index contributed by atoms with van der Waals surface area (Å²) < 4.78 is 10.8. The van der Waals surface area contributed by atoms with Crippen molar-refractivity contribution in [3.05, 3.63) is 35.9 Å². The molecule has 0 heterocycles. The van der Waals surface area contributed by atoms with Crippen LogP contribution in [0.1, 0.15) is 39.0 Å². The highest BCUT2D eigenvalue weighted by Gasteiger charge is 2.06. The third-order valence-corrected chi connectivity index (χ3v) is 3.66. The van der Waals surface area contributed by atoms with Crippen molar-refractivity contribution in [2.45, 2.75) is 39.0 Å². The fraction of sp³-hybridized carbons (Fsp3) is 0.500. The van der Waals surface area contributed by atoms with E-state index in [1.165, 1.54) is 31.3 Å². The van der Waals surface area contributed by atoms with Gasteiger partial charge >= 0.3 is 0 Å². The van der Waals surface area contributed by atoms with Crippen molar-refractivity contribution >= 4 is 5.91 Å². The van der Waals surface area contributed by atoms with Gasteiger partial charge in [0, 0.05) is 6.54 Å². The number of ether oxygens (including phenoxy) is 2. The van der Waals surface area contributed by atoms with Gasteiger partial charge in [-0.1, -0.05) is 11.6 Å². The van der Waals surface area contributed by atoms with E-state index in [-0.39, 0.29) is 12.5 Å². The monoisotopic (exact) mass is 303 g/mol. The Labute approximate surface area is 132 Å². The van der Waals surface area contributed by atoms with Crippen LogP contribution in [0.5, 0.6) is 11.5 Å². The summed E-state index contributed by atoms with van der Waals surface area (Å²) in [6, 6.07) is 7.30. The molecule has 0 atom stereocenters. The average molecular weight is 303 g/mol. The van der Waals surface area contributed by atoms with E-state index in [1.54, 1.807) is 0 Å². The molecule has 0 saturated heterocycles. The average Bonchev–Trinajstić information content (AvgIpc) is 2.55. The molecule has 1 aromatic carbocycles. The highest BCUT2D eigenvalue weighted by molar-refractivity contribution is 5.77. The Kier molecular flexibility index (Phi) is 6.81. The number of nitrogens with one attached hydrogen (secondary N) is 1. The normalized spacial score (nSPS) is 14.1. The molecule has 1 N–H and O–H groups in total. The van der Waals surface area contributed by atoms with Gasteiger partial charge in [-0.05, 0) is 63.3 Å². The van der Waals surface area contributed by atoms with Crippen LogP contribution < -0.4 is 14.8 Å². The summed E-state index contributed by atoms with van der Waals surface area (Å²) in [5.74, 6) is 1.40. The van der Waals surface area contributed by atoms with Crippen LogP contribution in [0.2, 0.25) is 0 Å². The van der Waals surface area contributed by atoms with Gasteiger partial charge in [-0.3, -0.25) is 4.79 Å². The van der Waals surface area contributed by atoms with Gasteiger partial charge in [0.2, 0.25) is 0 Å². The molecular formula is C18H25NO3. The van der Waals surface area contributed by atoms with E-state index in [9.17, 15) is 4.79 Å². The minimum absolute atomic E-state index is 0.0486. The largest absolute Gasteiger partial charge is 0.494 e.